The van der Waals surface area contributed by atoms with Gasteiger partial charge < -0.3 is 14.2 Å². The minimum atomic E-state index is -0.481. The maximum Gasteiger partial charge on any atom is 0.339 e. The van der Waals surface area contributed by atoms with E-state index in [4.69, 9.17) is 9.26 Å². The number of rotatable bonds is 6. The quantitative estimate of drug-likeness (QED) is 0.538. The van der Waals surface area contributed by atoms with E-state index in [0.29, 0.717) is 23.2 Å². The maximum absolute atomic E-state index is 12.6. The van der Waals surface area contributed by atoms with Crippen LogP contribution in [0.1, 0.15) is 42.1 Å². The summed E-state index contributed by atoms with van der Waals surface area (Å²) in [6, 6.07) is 9.11. The predicted molar refractivity (Wildman–Crippen MR) is 107 cm³/mol. The van der Waals surface area contributed by atoms with Gasteiger partial charge in [-0.2, -0.15) is 0 Å². The average molecular weight is 403 g/mol. The van der Waals surface area contributed by atoms with E-state index in [1.54, 1.807) is 17.0 Å². The van der Waals surface area contributed by atoms with Gasteiger partial charge in [0.25, 0.3) is 5.91 Å². The molecule has 0 N–H and O–H groups in total. The van der Waals surface area contributed by atoms with E-state index < -0.39 is 5.97 Å². The fraction of sp³-hybridized carbons (Fsp3) is 0.476. The highest BCUT2D eigenvalue weighted by Gasteiger charge is 2.26. The van der Waals surface area contributed by atoms with Crippen molar-refractivity contribution in [3.05, 3.63) is 47.3 Å². The molecular formula is C21H26N2O4S. The lowest BCUT2D eigenvalue weighted by Gasteiger charge is -2.34. The number of carbonyl (C=O) groups is 2. The Balaban J connectivity index is 1.57. The van der Waals surface area contributed by atoms with Crippen LogP contribution in [0.15, 0.2) is 39.8 Å². The van der Waals surface area contributed by atoms with Gasteiger partial charge in [0.1, 0.15) is 5.76 Å². The second-order valence-electron chi connectivity index (χ2n) is 7.53. The van der Waals surface area contributed by atoms with E-state index >= 15 is 0 Å². The van der Waals surface area contributed by atoms with Crippen LogP contribution in [0.3, 0.4) is 0 Å². The Kier molecular flexibility index (Phi) is 6.78. The molecule has 1 amide bonds. The van der Waals surface area contributed by atoms with Gasteiger partial charge in [-0.3, -0.25) is 4.79 Å². The summed E-state index contributed by atoms with van der Waals surface area (Å²) in [5, 5.41) is 3.97. The van der Waals surface area contributed by atoms with Gasteiger partial charge in [-0.15, -0.1) is 11.8 Å². The molecule has 2 atom stereocenters. The number of ether oxygens (including phenoxy) is 1. The third kappa shape index (κ3) is 5.38. The van der Waals surface area contributed by atoms with Crippen LogP contribution >= 0.6 is 11.8 Å². The van der Waals surface area contributed by atoms with Gasteiger partial charge in [0.15, 0.2) is 6.61 Å². The molecule has 1 saturated heterocycles. The van der Waals surface area contributed by atoms with Crippen molar-refractivity contribution in [2.75, 3.05) is 19.7 Å². The Morgan fingerprint density at radius 2 is 1.96 bits per heavy atom. The molecule has 6 nitrogen and oxygen atoms in total. The fourth-order valence-corrected chi connectivity index (χ4v) is 4.48. The molecule has 0 radical (unpaired) electrons. The molecule has 2 aromatic rings. The number of likely N-dealkylation sites (tertiary alicyclic amines) is 1. The summed E-state index contributed by atoms with van der Waals surface area (Å²) in [6.45, 7) is 7.36. The van der Waals surface area contributed by atoms with Crippen molar-refractivity contribution in [2.45, 2.75) is 37.8 Å². The summed E-state index contributed by atoms with van der Waals surface area (Å²) < 4.78 is 10.4. The lowest BCUT2D eigenvalue weighted by atomic mass is 9.92. The fourth-order valence-electron chi connectivity index (χ4n) is 3.56. The number of thioether (sulfide) groups is 1. The number of amides is 1. The standard InChI is InChI=1S/C21H26N2O4S/c1-14-8-15(2)11-23(10-14)20(24)12-26-21(25)18-6-4-5-7-19(18)28-13-17-9-16(3)27-22-17/h4-7,9,14-15H,8,10-13H2,1-3H3/t14-,15+. The van der Waals surface area contributed by atoms with Crippen molar-refractivity contribution in [2.24, 2.45) is 11.8 Å². The Morgan fingerprint density at radius 1 is 1.25 bits per heavy atom. The third-order valence-electron chi connectivity index (χ3n) is 4.71. The molecule has 1 fully saturated rings. The second-order valence-corrected chi connectivity index (χ2v) is 8.55. The first-order valence-electron chi connectivity index (χ1n) is 9.51. The smallest absolute Gasteiger partial charge is 0.339 e. The molecule has 0 aliphatic carbocycles. The van der Waals surface area contributed by atoms with E-state index in [2.05, 4.69) is 19.0 Å². The number of esters is 1. The van der Waals surface area contributed by atoms with Crippen molar-refractivity contribution >= 4 is 23.6 Å². The Bertz CT molecular complexity index is 825. The normalized spacial score (nSPS) is 19.5. The molecule has 0 spiro atoms. The van der Waals surface area contributed by atoms with Gasteiger partial charge in [0.2, 0.25) is 0 Å². The zero-order valence-electron chi connectivity index (χ0n) is 16.5. The Labute approximate surface area is 169 Å². The SMILES string of the molecule is Cc1cc(CSc2ccccc2C(=O)OCC(=O)N2C[C@H](C)C[C@H](C)C2)no1. The van der Waals surface area contributed by atoms with Crippen molar-refractivity contribution in [3.8, 4) is 0 Å². The van der Waals surface area contributed by atoms with Gasteiger partial charge in [-0.25, -0.2) is 4.79 Å². The first kappa shape index (κ1) is 20.5. The van der Waals surface area contributed by atoms with Gasteiger partial charge >= 0.3 is 5.97 Å². The monoisotopic (exact) mass is 402 g/mol. The number of carbonyl (C=O) groups excluding carboxylic acids is 2. The molecule has 0 saturated carbocycles. The largest absolute Gasteiger partial charge is 0.452 e. The van der Waals surface area contributed by atoms with Crippen LogP contribution in [-0.2, 0) is 15.3 Å². The highest BCUT2D eigenvalue weighted by atomic mass is 32.2. The van der Waals surface area contributed by atoms with Crippen molar-refractivity contribution < 1.29 is 18.8 Å². The van der Waals surface area contributed by atoms with Crippen LogP contribution in [0.4, 0.5) is 0 Å². The number of aryl methyl sites for hydroxylation is 1. The summed E-state index contributed by atoms with van der Waals surface area (Å²) >= 11 is 1.49. The summed E-state index contributed by atoms with van der Waals surface area (Å²) in [6.07, 6.45) is 1.12. The topological polar surface area (TPSA) is 72.6 Å². The number of piperidine rings is 1. The molecule has 1 aromatic heterocycles. The first-order chi connectivity index (χ1) is 13.4. The average Bonchev–Trinajstić information content (AvgIpc) is 3.09. The number of aromatic nitrogens is 1. The van der Waals surface area contributed by atoms with Gasteiger partial charge in [0.05, 0.1) is 11.3 Å². The van der Waals surface area contributed by atoms with Gasteiger partial charge in [0, 0.05) is 29.8 Å². The van der Waals surface area contributed by atoms with Crippen LogP contribution in [0.5, 0.6) is 0 Å². The zero-order chi connectivity index (χ0) is 20.1. The molecule has 0 unspecified atom stereocenters. The molecule has 7 heteroatoms. The summed E-state index contributed by atoms with van der Waals surface area (Å²) in [4.78, 5) is 27.6. The highest BCUT2D eigenvalue weighted by molar-refractivity contribution is 7.98. The predicted octanol–water partition coefficient (Wildman–Crippen LogP) is 3.94. The molecule has 1 aromatic carbocycles. The zero-order valence-corrected chi connectivity index (χ0v) is 17.3. The number of hydrogen-bond acceptors (Lipinski definition) is 6. The summed E-state index contributed by atoms with van der Waals surface area (Å²) in [5.74, 6) is 1.68. The summed E-state index contributed by atoms with van der Waals surface area (Å²) in [7, 11) is 0. The lowest BCUT2D eigenvalue weighted by molar-refractivity contribution is -0.137. The number of hydrogen-bond donors (Lipinski definition) is 0. The highest BCUT2D eigenvalue weighted by Crippen LogP contribution is 2.27. The first-order valence-corrected chi connectivity index (χ1v) is 10.5. The second kappa shape index (κ2) is 9.28. The molecule has 1 aliphatic rings. The minimum Gasteiger partial charge on any atom is -0.452 e. The Hall–Kier alpha value is -2.28. The van der Waals surface area contributed by atoms with E-state index in [1.807, 2.05) is 25.1 Å². The molecule has 3 rings (SSSR count). The molecule has 150 valence electrons. The van der Waals surface area contributed by atoms with Crippen molar-refractivity contribution in [3.63, 3.8) is 0 Å². The van der Waals surface area contributed by atoms with Crippen LogP contribution in [0, 0.1) is 18.8 Å². The van der Waals surface area contributed by atoms with Crippen LogP contribution in [-0.4, -0.2) is 41.6 Å². The minimum absolute atomic E-state index is 0.130. The molecule has 1 aliphatic heterocycles. The van der Waals surface area contributed by atoms with E-state index in [-0.39, 0.29) is 12.5 Å². The summed E-state index contributed by atoms with van der Waals surface area (Å²) in [5.41, 5.74) is 1.27. The lowest BCUT2D eigenvalue weighted by Crippen LogP contribution is -2.44. The Morgan fingerprint density at radius 3 is 2.64 bits per heavy atom. The molecular weight excluding hydrogens is 376 g/mol. The van der Waals surface area contributed by atoms with E-state index in [1.165, 1.54) is 11.8 Å². The molecule has 28 heavy (non-hydrogen) atoms. The third-order valence-corrected chi connectivity index (χ3v) is 5.81. The van der Waals surface area contributed by atoms with Crippen LogP contribution in [0.25, 0.3) is 0 Å². The van der Waals surface area contributed by atoms with Crippen LogP contribution < -0.4 is 0 Å². The van der Waals surface area contributed by atoms with Gasteiger partial charge in [-0.05, 0) is 37.3 Å². The van der Waals surface area contributed by atoms with Crippen LogP contribution in [0.2, 0.25) is 0 Å². The molecule has 2 heterocycles. The number of nitrogens with zero attached hydrogens (tertiary/aromatic N) is 2. The van der Waals surface area contributed by atoms with E-state index in [9.17, 15) is 9.59 Å². The van der Waals surface area contributed by atoms with Crippen molar-refractivity contribution in [1.82, 2.24) is 10.1 Å². The van der Waals surface area contributed by atoms with Crippen molar-refractivity contribution in [1.29, 1.82) is 0 Å². The number of benzene rings is 1. The van der Waals surface area contributed by atoms with Gasteiger partial charge in [-0.1, -0.05) is 31.1 Å². The van der Waals surface area contributed by atoms with E-state index in [0.717, 1.165) is 35.9 Å². The maximum atomic E-state index is 12.6. The molecule has 0 bridgehead atoms.